The average molecular weight is 332 g/mol. The molecule has 0 heterocycles. The molecule has 0 saturated heterocycles. The highest BCUT2D eigenvalue weighted by Crippen LogP contribution is 2.16. The fourth-order valence-electron chi connectivity index (χ4n) is 2.15. The van der Waals surface area contributed by atoms with Crippen molar-refractivity contribution in [3.8, 4) is 0 Å². The van der Waals surface area contributed by atoms with Crippen LogP contribution < -0.4 is 10.0 Å². The van der Waals surface area contributed by atoms with Crippen molar-refractivity contribution < 1.29 is 13.2 Å². The molecule has 2 aromatic rings. The van der Waals surface area contributed by atoms with Gasteiger partial charge in [0.25, 0.3) is 0 Å². The molecular weight excluding hydrogens is 312 g/mol. The second-order valence-corrected chi connectivity index (χ2v) is 7.18. The summed E-state index contributed by atoms with van der Waals surface area (Å²) >= 11 is 0. The van der Waals surface area contributed by atoms with Gasteiger partial charge in [0.1, 0.15) is 0 Å². The molecule has 1 atom stereocenters. The van der Waals surface area contributed by atoms with Crippen molar-refractivity contribution in [2.45, 2.75) is 31.7 Å². The Morgan fingerprint density at radius 1 is 1.04 bits per heavy atom. The summed E-state index contributed by atoms with van der Waals surface area (Å²) in [6.45, 7) is 5.37. The molecule has 2 aromatic carbocycles. The Kier molecular flexibility index (Phi) is 5.18. The van der Waals surface area contributed by atoms with Crippen molar-refractivity contribution in [2.75, 3.05) is 5.32 Å². The van der Waals surface area contributed by atoms with Gasteiger partial charge < -0.3 is 5.32 Å². The van der Waals surface area contributed by atoms with Gasteiger partial charge in [-0.25, -0.2) is 8.42 Å². The third-order valence-electron chi connectivity index (χ3n) is 3.42. The van der Waals surface area contributed by atoms with E-state index in [9.17, 15) is 13.2 Å². The molecule has 0 fully saturated rings. The van der Waals surface area contributed by atoms with Crippen LogP contribution in [0.25, 0.3) is 0 Å². The van der Waals surface area contributed by atoms with Crippen LogP contribution in [0.3, 0.4) is 0 Å². The number of hydrogen-bond donors (Lipinski definition) is 2. The van der Waals surface area contributed by atoms with E-state index in [1.807, 2.05) is 26.0 Å². The maximum Gasteiger partial charge on any atom is 0.242 e. The molecule has 0 radical (unpaired) electrons. The molecule has 0 aliphatic heterocycles. The zero-order chi connectivity index (χ0) is 17.0. The van der Waals surface area contributed by atoms with Gasteiger partial charge in [0, 0.05) is 5.69 Å². The molecule has 0 spiro atoms. The predicted octanol–water partition coefficient (Wildman–Crippen LogP) is 2.61. The minimum atomic E-state index is -3.72. The number of carbonyl (C=O) groups is 1. The average Bonchev–Trinajstić information content (AvgIpc) is 2.50. The van der Waals surface area contributed by atoms with Gasteiger partial charge in [0.2, 0.25) is 15.9 Å². The molecular formula is C17H20N2O3S. The summed E-state index contributed by atoms with van der Waals surface area (Å²) in [5, 5.41) is 2.75. The maximum absolute atomic E-state index is 12.2. The lowest BCUT2D eigenvalue weighted by molar-refractivity contribution is -0.117. The van der Waals surface area contributed by atoms with E-state index in [-0.39, 0.29) is 4.90 Å². The second-order valence-electron chi connectivity index (χ2n) is 5.46. The molecule has 122 valence electrons. The van der Waals surface area contributed by atoms with E-state index >= 15 is 0 Å². The summed E-state index contributed by atoms with van der Waals surface area (Å²) in [4.78, 5) is 12.4. The zero-order valence-corrected chi connectivity index (χ0v) is 14.1. The zero-order valence-electron chi connectivity index (χ0n) is 13.3. The van der Waals surface area contributed by atoms with Crippen molar-refractivity contribution in [3.63, 3.8) is 0 Å². The molecule has 0 bridgehead atoms. The number of benzene rings is 2. The first-order chi connectivity index (χ1) is 10.8. The SMILES string of the molecule is Cc1ccc(NC(=O)[C@H](C)NS(=O)(=O)c2ccccc2)c(C)c1. The molecule has 0 unspecified atom stereocenters. The van der Waals surface area contributed by atoms with Crippen LogP contribution in [0.15, 0.2) is 53.4 Å². The fourth-order valence-corrected chi connectivity index (χ4v) is 3.37. The highest BCUT2D eigenvalue weighted by molar-refractivity contribution is 7.89. The summed E-state index contributed by atoms with van der Waals surface area (Å²) in [6, 6.07) is 12.7. The minimum Gasteiger partial charge on any atom is -0.324 e. The lowest BCUT2D eigenvalue weighted by Gasteiger charge is -2.15. The van der Waals surface area contributed by atoms with E-state index < -0.39 is 22.0 Å². The van der Waals surface area contributed by atoms with Crippen molar-refractivity contribution in [1.29, 1.82) is 0 Å². The van der Waals surface area contributed by atoms with Crippen molar-refractivity contribution in [3.05, 3.63) is 59.7 Å². The normalized spacial score (nSPS) is 12.7. The molecule has 2 rings (SSSR count). The Hall–Kier alpha value is -2.18. The lowest BCUT2D eigenvalue weighted by Crippen LogP contribution is -2.41. The number of hydrogen-bond acceptors (Lipinski definition) is 3. The number of carbonyl (C=O) groups excluding carboxylic acids is 1. The molecule has 0 aliphatic carbocycles. The van der Waals surface area contributed by atoms with Gasteiger partial charge in [0.15, 0.2) is 0 Å². The van der Waals surface area contributed by atoms with Crippen LogP contribution >= 0.6 is 0 Å². The first-order valence-electron chi connectivity index (χ1n) is 7.25. The van der Waals surface area contributed by atoms with Gasteiger partial charge >= 0.3 is 0 Å². The Morgan fingerprint density at radius 2 is 1.70 bits per heavy atom. The van der Waals surface area contributed by atoms with Crippen LogP contribution in [0.4, 0.5) is 5.69 Å². The monoisotopic (exact) mass is 332 g/mol. The first kappa shape index (κ1) is 17.2. The van der Waals surface area contributed by atoms with E-state index in [4.69, 9.17) is 0 Å². The summed E-state index contributed by atoms with van der Waals surface area (Å²) in [5.74, 6) is -0.406. The summed E-state index contributed by atoms with van der Waals surface area (Å²) < 4.78 is 26.8. The Labute approximate surface area is 136 Å². The molecule has 1 amide bonds. The quantitative estimate of drug-likeness (QED) is 0.884. The number of rotatable bonds is 5. The van der Waals surface area contributed by atoms with Gasteiger partial charge in [-0.15, -0.1) is 0 Å². The fraction of sp³-hybridized carbons (Fsp3) is 0.235. The highest BCUT2D eigenvalue weighted by Gasteiger charge is 2.22. The number of amides is 1. The van der Waals surface area contributed by atoms with E-state index in [1.54, 1.807) is 24.3 Å². The highest BCUT2D eigenvalue weighted by atomic mass is 32.2. The predicted molar refractivity (Wildman–Crippen MR) is 90.8 cm³/mol. The lowest BCUT2D eigenvalue weighted by atomic mass is 10.1. The van der Waals surface area contributed by atoms with E-state index in [2.05, 4.69) is 10.0 Å². The minimum absolute atomic E-state index is 0.131. The van der Waals surface area contributed by atoms with Crippen LogP contribution in [0.5, 0.6) is 0 Å². The van der Waals surface area contributed by atoms with Gasteiger partial charge in [0.05, 0.1) is 10.9 Å². The second kappa shape index (κ2) is 6.93. The third kappa shape index (κ3) is 4.40. The van der Waals surface area contributed by atoms with Crippen LogP contribution in [0, 0.1) is 13.8 Å². The first-order valence-corrected chi connectivity index (χ1v) is 8.73. The van der Waals surface area contributed by atoms with Crippen molar-refractivity contribution in [2.24, 2.45) is 0 Å². The van der Waals surface area contributed by atoms with Gasteiger partial charge in [-0.3, -0.25) is 4.79 Å². The van der Waals surface area contributed by atoms with Crippen molar-refractivity contribution in [1.82, 2.24) is 4.72 Å². The van der Waals surface area contributed by atoms with Gasteiger partial charge in [-0.1, -0.05) is 35.9 Å². The maximum atomic E-state index is 12.2. The number of sulfonamides is 1. The summed E-state index contributed by atoms with van der Waals surface area (Å²) in [5.41, 5.74) is 2.70. The molecule has 0 aliphatic rings. The molecule has 0 aromatic heterocycles. The molecule has 0 saturated carbocycles. The Bertz CT molecular complexity index is 802. The van der Waals surface area contributed by atoms with Crippen LogP contribution in [-0.4, -0.2) is 20.4 Å². The van der Waals surface area contributed by atoms with Crippen molar-refractivity contribution >= 4 is 21.6 Å². The van der Waals surface area contributed by atoms with Crippen LogP contribution in [0.2, 0.25) is 0 Å². The Balaban J connectivity index is 2.08. The smallest absolute Gasteiger partial charge is 0.242 e. The van der Waals surface area contributed by atoms with E-state index in [0.717, 1.165) is 11.1 Å². The standard InChI is InChI=1S/C17H20N2O3S/c1-12-9-10-16(13(2)11-12)18-17(20)14(3)19-23(21,22)15-7-5-4-6-8-15/h4-11,14,19H,1-3H3,(H,18,20)/t14-/m0/s1. The van der Waals surface area contributed by atoms with E-state index in [1.165, 1.54) is 19.1 Å². The molecule has 6 heteroatoms. The number of aryl methyl sites for hydroxylation is 2. The van der Waals surface area contributed by atoms with Gasteiger partial charge in [-0.05, 0) is 44.5 Å². The topological polar surface area (TPSA) is 75.3 Å². The third-order valence-corrected chi connectivity index (χ3v) is 4.98. The largest absolute Gasteiger partial charge is 0.324 e. The molecule has 2 N–H and O–H groups in total. The summed E-state index contributed by atoms with van der Waals surface area (Å²) in [6.07, 6.45) is 0. The number of anilines is 1. The van der Waals surface area contributed by atoms with Crippen LogP contribution in [0.1, 0.15) is 18.1 Å². The number of nitrogens with one attached hydrogen (secondary N) is 2. The Morgan fingerprint density at radius 3 is 2.30 bits per heavy atom. The van der Waals surface area contributed by atoms with Gasteiger partial charge in [-0.2, -0.15) is 4.72 Å². The summed E-state index contributed by atoms with van der Waals surface area (Å²) in [7, 11) is -3.72. The van der Waals surface area contributed by atoms with E-state index in [0.29, 0.717) is 5.69 Å². The van der Waals surface area contributed by atoms with Crippen LogP contribution in [-0.2, 0) is 14.8 Å². The molecule has 5 nitrogen and oxygen atoms in total. The molecule has 23 heavy (non-hydrogen) atoms.